The van der Waals surface area contributed by atoms with Gasteiger partial charge < -0.3 is 10.5 Å². The summed E-state index contributed by atoms with van der Waals surface area (Å²) in [5.41, 5.74) is 7.84. The van der Waals surface area contributed by atoms with E-state index in [0.717, 1.165) is 22.6 Å². The number of rotatable bonds is 1. The van der Waals surface area contributed by atoms with Crippen LogP contribution in [0.2, 0.25) is 5.02 Å². The van der Waals surface area contributed by atoms with E-state index in [1.807, 2.05) is 11.4 Å². The Kier molecular flexibility index (Phi) is 2.74. The molecule has 88 valence electrons. The first-order valence-corrected chi connectivity index (χ1v) is 6.47. The second-order valence-electron chi connectivity index (χ2n) is 3.79. The maximum absolute atomic E-state index is 5.93. The Morgan fingerprint density at radius 1 is 1.41 bits per heavy atom. The van der Waals surface area contributed by atoms with E-state index >= 15 is 0 Å². The number of nitrogens with two attached hydrogens (primary N) is 1. The van der Waals surface area contributed by atoms with Crippen LogP contribution in [0.4, 0.5) is 5.82 Å². The number of halogens is 1. The molecule has 0 radical (unpaired) electrons. The Morgan fingerprint density at radius 2 is 2.29 bits per heavy atom. The minimum atomic E-state index is 0.507. The van der Waals surface area contributed by atoms with Gasteiger partial charge in [-0.15, -0.1) is 11.3 Å². The zero-order valence-electron chi connectivity index (χ0n) is 8.94. The van der Waals surface area contributed by atoms with Gasteiger partial charge in [0.15, 0.2) is 5.82 Å². The topological polar surface area (TPSA) is 61.0 Å². The number of hydrogen-bond donors (Lipinski definition) is 1. The quantitative estimate of drug-likeness (QED) is 0.862. The molecule has 0 amide bonds. The maximum atomic E-state index is 5.93. The fourth-order valence-electron chi connectivity index (χ4n) is 1.80. The van der Waals surface area contributed by atoms with Crippen LogP contribution in [0, 0.1) is 0 Å². The number of nitrogens with zero attached hydrogens (tertiary/aromatic N) is 2. The van der Waals surface area contributed by atoms with Crippen LogP contribution in [-0.2, 0) is 17.8 Å². The molecule has 0 atom stereocenters. The molecule has 0 unspecified atom stereocenters. The van der Waals surface area contributed by atoms with Gasteiger partial charge in [-0.05, 0) is 6.07 Å². The third kappa shape index (κ3) is 2.01. The SMILES string of the molecule is Nc1nc(-c2cc(Cl)cs2)nc2c1COCC2. The summed E-state index contributed by atoms with van der Waals surface area (Å²) in [5, 5.41) is 2.56. The van der Waals surface area contributed by atoms with Crippen LogP contribution in [0.5, 0.6) is 0 Å². The number of thiophene rings is 1. The van der Waals surface area contributed by atoms with E-state index in [1.165, 1.54) is 11.3 Å². The molecule has 6 heteroatoms. The van der Waals surface area contributed by atoms with Crippen LogP contribution >= 0.6 is 22.9 Å². The van der Waals surface area contributed by atoms with Gasteiger partial charge in [-0.1, -0.05) is 11.6 Å². The standard InChI is InChI=1S/C11H10ClN3OS/c12-6-3-9(17-5-6)11-14-8-1-2-16-4-7(8)10(13)15-11/h3,5H,1-2,4H2,(H2,13,14,15). The zero-order chi connectivity index (χ0) is 11.8. The van der Waals surface area contributed by atoms with E-state index in [0.29, 0.717) is 29.9 Å². The zero-order valence-corrected chi connectivity index (χ0v) is 10.5. The lowest BCUT2D eigenvalue weighted by atomic mass is 10.1. The number of hydrogen-bond acceptors (Lipinski definition) is 5. The van der Waals surface area contributed by atoms with Crippen LogP contribution in [0.3, 0.4) is 0 Å². The second-order valence-corrected chi connectivity index (χ2v) is 5.14. The van der Waals surface area contributed by atoms with E-state index in [2.05, 4.69) is 9.97 Å². The van der Waals surface area contributed by atoms with Crippen molar-refractivity contribution in [2.75, 3.05) is 12.3 Å². The molecule has 0 spiro atoms. The van der Waals surface area contributed by atoms with Gasteiger partial charge in [0.1, 0.15) is 5.82 Å². The molecule has 0 saturated heterocycles. The highest BCUT2D eigenvalue weighted by molar-refractivity contribution is 7.14. The predicted octanol–water partition coefficient (Wildman–Crippen LogP) is 2.51. The summed E-state index contributed by atoms with van der Waals surface area (Å²) in [6, 6.07) is 1.85. The summed E-state index contributed by atoms with van der Waals surface area (Å²) in [6.07, 6.45) is 0.786. The minimum Gasteiger partial charge on any atom is -0.383 e. The van der Waals surface area contributed by atoms with Gasteiger partial charge in [0, 0.05) is 17.4 Å². The first-order chi connectivity index (χ1) is 8.24. The van der Waals surface area contributed by atoms with Gasteiger partial charge in [0.05, 0.1) is 28.8 Å². The van der Waals surface area contributed by atoms with Crippen molar-refractivity contribution in [3.05, 3.63) is 27.7 Å². The van der Waals surface area contributed by atoms with Gasteiger partial charge in [0.2, 0.25) is 0 Å². The van der Waals surface area contributed by atoms with Gasteiger partial charge in [-0.25, -0.2) is 9.97 Å². The first-order valence-electron chi connectivity index (χ1n) is 5.21. The molecule has 3 heterocycles. The van der Waals surface area contributed by atoms with Crippen LogP contribution in [-0.4, -0.2) is 16.6 Å². The number of ether oxygens (including phenoxy) is 1. The van der Waals surface area contributed by atoms with E-state index in [-0.39, 0.29) is 0 Å². The van der Waals surface area contributed by atoms with Crippen LogP contribution in [0.15, 0.2) is 11.4 Å². The molecule has 0 saturated carbocycles. The van der Waals surface area contributed by atoms with Crippen molar-refractivity contribution in [3.8, 4) is 10.7 Å². The third-order valence-electron chi connectivity index (χ3n) is 2.64. The average molecular weight is 268 g/mol. The van der Waals surface area contributed by atoms with E-state index in [9.17, 15) is 0 Å². The highest BCUT2D eigenvalue weighted by Gasteiger charge is 2.17. The molecule has 1 aliphatic heterocycles. The molecule has 1 aliphatic rings. The summed E-state index contributed by atoms with van der Waals surface area (Å²) in [5.74, 6) is 1.16. The number of aromatic nitrogens is 2. The first kappa shape index (κ1) is 11.0. The summed E-state index contributed by atoms with van der Waals surface area (Å²) in [6.45, 7) is 1.20. The molecule has 2 N–H and O–H groups in total. The fourth-order valence-corrected chi connectivity index (χ4v) is 2.80. The van der Waals surface area contributed by atoms with Crippen molar-refractivity contribution in [2.24, 2.45) is 0 Å². The Labute approximate surface area is 107 Å². The van der Waals surface area contributed by atoms with Crippen molar-refractivity contribution in [2.45, 2.75) is 13.0 Å². The van der Waals surface area contributed by atoms with Crippen molar-refractivity contribution < 1.29 is 4.74 Å². The largest absolute Gasteiger partial charge is 0.383 e. The lowest BCUT2D eigenvalue weighted by Crippen LogP contribution is -2.15. The smallest absolute Gasteiger partial charge is 0.171 e. The van der Waals surface area contributed by atoms with Crippen molar-refractivity contribution in [3.63, 3.8) is 0 Å². The molecule has 0 aromatic carbocycles. The van der Waals surface area contributed by atoms with Crippen LogP contribution in [0.25, 0.3) is 10.7 Å². The minimum absolute atomic E-state index is 0.507. The molecule has 4 nitrogen and oxygen atoms in total. The second kappa shape index (κ2) is 4.25. The normalized spacial score (nSPS) is 14.6. The van der Waals surface area contributed by atoms with Crippen LogP contribution in [0.1, 0.15) is 11.3 Å². The van der Waals surface area contributed by atoms with E-state index < -0.39 is 0 Å². The van der Waals surface area contributed by atoms with E-state index in [1.54, 1.807) is 0 Å². The fraction of sp³-hybridized carbons (Fsp3) is 0.273. The maximum Gasteiger partial charge on any atom is 0.171 e. The lowest BCUT2D eigenvalue weighted by molar-refractivity contribution is 0.109. The molecule has 17 heavy (non-hydrogen) atoms. The summed E-state index contributed by atoms with van der Waals surface area (Å²) < 4.78 is 5.35. The van der Waals surface area contributed by atoms with Gasteiger partial charge >= 0.3 is 0 Å². The molecule has 2 aromatic heterocycles. The van der Waals surface area contributed by atoms with Gasteiger partial charge in [0.25, 0.3) is 0 Å². The lowest BCUT2D eigenvalue weighted by Gasteiger charge is -2.17. The van der Waals surface area contributed by atoms with Crippen molar-refractivity contribution >= 4 is 28.8 Å². The molecule has 0 aliphatic carbocycles. The number of anilines is 1. The Morgan fingerprint density at radius 3 is 3.06 bits per heavy atom. The molecular formula is C11H10ClN3OS. The predicted molar refractivity (Wildman–Crippen MR) is 68.1 cm³/mol. The van der Waals surface area contributed by atoms with Crippen molar-refractivity contribution in [1.82, 2.24) is 9.97 Å². The van der Waals surface area contributed by atoms with Crippen LogP contribution < -0.4 is 5.73 Å². The van der Waals surface area contributed by atoms with E-state index in [4.69, 9.17) is 22.1 Å². The average Bonchev–Trinajstić information content (AvgIpc) is 2.76. The molecule has 2 aromatic rings. The molecular weight excluding hydrogens is 258 g/mol. The Balaban J connectivity index is 2.10. The number of fused-ring (bicyclic) bond motifs is 1. The monoisotopic (exact) mass is 267 g/mol. The Hall–Kier alpha value is -1.17. The number of nitrogen functional groups attached to an aromatic ring is 1. The summed E-state index contributed by atoms with van der Waals surface area (Å²) >= 11 is 7.42. The summed E-state index contributed by atoms with van der Waals surface area (Å²) in [4.78, 5) is 9.79. The van der Waals surface area contributed by atoms with Gasteiger partial charge in [-0.2, -0.15) is 0 Å². The molecule has 3 rings (SSSR count). The molecule has 0 fully saturated rings. The third-order valence-corrected chi connectivity index (χ3v) is 3.92. The Bertz CT molecular complexity index is 570. The highest BCUT2D eigenvalue weighted by Crippen LogP contribution is 2.30. The van der Waals surface area contributed by atoms with Crippen molar-refractivity contribution in [1.29, 1.82) is 0 Å². The summed E-state index contributed by atoms with van der Waals surface area (Å²) in [7, 11) is 0. The highest BCUT2D eigenvalue weighted by atomic mass is 35.5. The van der Waals surface area contributed by atoms with Gasteiger partial charge in [-0.3, -0.25) is 0 Å². The molecule has 0 bridgehead atoms.